The van der Waals surface area contributed by atoms with Crippen LogP contribution in [0.1, 0.15) is 81.5 Å². The Balaban J connectivity index is 1.68. The van der Waals surface area contributed by atoms with Gasteiger partial charge < -0.3 is 15.7 Å². The Hall–Kier alpha value is -2.74. The zero-order chi connectivity index (χ0) is 27.3. The van der Waals surface area contributed by atoms with Gasteiger partial charge in [0.1, 0.15) is 0 Å². The van der Waals surface area contributed by atoms with Gasteiger partial charge in [0, 0.05) is 11.4 Å². The van der Waals surface area contributed by atoms with E-state index in [4.69, 9.17) is 11.6 Å². The summed E-state index contributed by atoms with van der Waals surface area (Å²) < 4.78 is 39.7. The molecule has 0 radical (unpaired) electrons. The van der Waals surface area contributed by atoms with Gasteiger partial charge in [0.25, 0.3) is 0 Å². The molecule has 4 rings (SSSR count). The maximum absolute atomic E-state index is 13.2. The molecular formula is C28H32ClF3N2O3. The molecule has 1 saturated carbocycles. The Bertz CT molecular complexity index is 1250. The summed E-state index contributed by atoms with van der Waals surface area (Å²) >= 11 is 5.69. The van der Waals surface area contributed by atoms with E-state index in [1.54, 1.807) is 0 Å². The summed E-state index contributed by atoms with van der Waals surface area (Å²) in [4.78, 5) is 25.2. The Morgan fingerprint density at radius 3 is 2.43 bits per heavy atom. The number of carboxylic acids is 1. The van der Waals surface area contributed by atoms with Gasteiger partial charge in [-0.2, -0.15) is 13.2 Å². The lowest BCUT2D eigenvalue weighted by Gasteiger charge is -2.53. The summed E-state index contributed by atoms with van der Waals surface area (Å²) in [5.74, 6) is -0.737. The molecule has 37 heavy (non-hydrogen) atoms. The molecule has 3 N–H and O–H groups in total. The third-order valence-electron chi connectivity index (χ3n) is 8.41. The third kappa shape index (κ3) is 4.92. The van der Waals surface area contributed by atoms with Crippen molar-refractivity contribution in [1.29, 1.82) is 0 Å². The van der Waals surface area contributed by atoms with Crippen LogP contribution in [-0.4, -0.2) is 17.1 Å². The zero-order valence-electron chi connectivity index (χ0n) is 21.4. The van der Waals surface area contributed by atoms with Gasteiger partial charge in [-0.25, -0.2) is 4.79 Å². The van der Waals surface area contributed by atoms with E-state index in [0.29, 0.717) is 12.1 Å². The summed E-state index contributed by atoms with van der Waals surface area (Å²) in [7, 11) is 0. The van der Waals surface area contributed by atoms with Crippen molar-refractivity contribution >= 4 is 35.0 Å². The molecule has 0 unspecified atom stereocenters. The Kier molecular flexibility index (Phi) is 7.03. The standard InChI is InChI=1S/C28H32ClF3N2O3/c1-15(2)18-12-16-6-9-23-26(3,10-5-11-27(23,4)24(35)36)19(16)14-22(18)34-25(37)33-17-7-8-21(29)20(13-17)28(30,31)32/h7-8,12-15,23H,5-6,9-11H2,1-4H3,(H,35,36)(H2,33,34,37)/t23-,26-,27-/m1/s1. The number of benzene rings is 2. The normalized spacial score (nSPS) is 25.3. The number of amides is 2. The van der Waals surface area contributed by atoms with E-state index in [1.165, 1.54) is 6.07 Å². The van der Waals surface area contributed by atoms with Gasteiger partial charge >= 0.3 is 18.2 Å². The van der Waals surface area contributed by atoms with E-state index in [2.05, 4.69) is 23.6 Å². The molecule has 1 fully saturated rings. The first kappa shape index (κ1) is 27.3. The van der Waals surface area contributed by atoms with Crippen LogP contribution in [0.15, 0.2) is 30.3 Å². The average Bonchev–Trinajstić information content (AvgIpc) is 2.79. The van der Waals surface area contributed by atoms with Crippen LogP contribution in [0.3, 0.4) is 0 Å². The van der Waals surface area contributed by atoms with Crippen molar-refractivity contribution < 1.29 is 27.9 Å². The van der Waals surface area contributed by atoms with E-state index in [-0.39, 0.29) is 22.9 Å². The molecular weight excluding hydrogens is 505 g/mol. The second-order valence-corrected chi connectivity index (χ2v) is 11.5. The van der Waals surface area contributed by atoms with Crippen LogP contribution in [0.2, 0.25) is 5.02 Å². The fraction of sp³-hybridized carbons (Fsp3) is 0.500. The molecule has 3 atom stereocenters. The average molecular weight is 537 g/mol. The van der Waals surface area contributed by atoms with E-state index < -0.39 is 34.2 Å². The van der Waals surface area contributed by atoms with Crippen molar-refractivity contribution in [3.63, 3.8) is 0 Å². The van der Waals surface area contributed by atoms with Crippen molar-refractivity contribution in [1.82, 2.24) is 0 Å². The number of urea groups is 1. The lowest BCUT2D eigenvalue weighted by molar-refractivity contribution is -0.157. The monoisotopic (exact) mass is 536 g/mol. The minimum atomic E-state index is -4.65. The van der Waals surface area contributed by atoms with Gasteiger partial charge in [-0.1, -0.05) is 44.9 Å². The lowest BCUT2D eigenvalue weighted by atomic mass is 9.49. The largest absolute Gasteiger partial charge is 0.481 e. The number of alkyl halides is 3. The molecule has 5 nitrogen and oxygen atoms in total. The molecule has 0 spiro atoms. The minimum absolute atomic E-state index is 0.0326. The second kappa shape index (κ2) is 9.53. The highest BCUT2D eigenvalue weighted by Crippen LogP contribution is 2.58. The number of aliphatic carboxylic acids is 1. The maximum atomic E-state index is 13.2. The number of aryl methyl sites for hydroxylation is 1. The van der Waals surface area contributed by atoms with Crippen LogP contribution in [0.4, 0.5) is 29.3 Å². The second-order valence-electron chi connectivity index (χ2n) is 11.1. The first-order valence-electron chi connectivity index (χ1n) is 12.5. The van der Waals surface area contributed by atoms with Crippen molar-refractivity contribution in [2.24, 2.45) is 11.3 Å². The zero-order valence-corrected chi connectivity index (χ0v) is 22.1. The van der Waals surface area contributed by atoms with Crippen LogP contribution >= 0.6 is 11.6 Å². The number of hydrogen-bond donors (Lipinski definition) is 3. The summed E-state index contributed by atoms with van der Waals surface area (Å²) in [6.07, 6.45) is -0.819. The highest BCUT2D eigenvalue weighted by molar-refractivity contribution is 6.31. The number of fused-ring (bicyclic) bond motifs is 3. The molecule has 2 amide bonds. The number of hydrogen-bond acceptors (Lipinski definition) is 2. The minimum Gasteiger partial charge on any atom is -0.481 e. The number of carbonyl (C=O) groups is 2. The first-order chi connectivity index (χ1) is 17.2. The summed E-state index contributed by atoms with van der Waals surface area (Å²) in [5, 5.41) is 14.9. The fourth-order valence-corrected chi connectivity index (χ4v) is 6.71. The molecule has 0 saturated heterocycles. The highest BCUT2D eigenvalue weighted by atomic mass is 35.5. The van der Waals surface area contributed by atoms with Gasteiger partial charge in [-0.15, -0.1) is 0 Å². The number of carboxylic acid groups (broad SMARTS) is 1. The van der Waals surface area contributed by atoms with E-state index in [9.17, 15) is 27.9 Å². The van der Waals surface area contributed by atoms with E-state index in [0.717, 1.165) is 54.5 Å². The van der Waals surface area contributed by atoms with Crippen LogP contribution in [0, 0.1) is 11.3 Å². The topological polar surface area (TPSA) is 78.4 Å². The molecule has 9 heteroatoms. The molecule has 2 aromatic rings. The lowest BCUT2D eigenvalue weighted by Crippen LogP contribution is -2.52. The Labute approximate surface area is 219 Å². The number of halogens is 4. The van der Waals surface area contributed by atoms with Gasteiger partial charge in [0.2, 0.25) is 0 Å². The van der Waals surface area contributed by atoms with Gasteiger partial charge in [0.15, 0.2) is 0 Å². The highest BCUT2D eigenvalue weighted by Gasteiger charge is 2.55. The number of nitrogens with one attached hydrogen (secondary N) is 2. The van der Waals surface area contributed by atoms with Crippen LogP contribution < -0.4 is 10.6 Å². The quantitative estimate of drug-likeness (QED) is 0.368. The molecule has 0 aliphatic heterocycles. The van der Waals surface area contributed by atoms with Crippen molar-refractivity contribution in [2.45, 2.75) is 77.3 Å². The van der Waals surface area contributed by atoms with Crippen LogP contribution in [0.25, 0.3) is 0 Å². The molecule has 0 bridgehead atoms. The maximum Gasteiger partial charge on any atom is 0.417 e. The summed E-state index contributed by atoms with van der Waals surface area (Å²) in [5.41, 5.74) is 1.45. The van der Waals surface area contributed by atoms with Crippen molar-refractivity contribution in [3.8, 4) is 0 Å². The van der Waals surface area contributed by atoms with Gasteiger partial charge in [0.05, 0.1) is 16.0 Å². The smallest absolute Gasteiger partial charge is 0.417 e. The fourth-order valence-electron chi connectivity index (χ4n) is 6.48. The molecule has 2 aliphatic carbocycles. The predicted molar refractivity (Wildman–Crippen MR) is 138 cm³/mol. The van der Waals surface area contributed by atoms with E-state index in [1.807, 2.05) is 26.8 Å². The van der Waals surface area contributed by atoms with Gasteiger partial charge in [-0.05, 0) is 90.8 Å². The van der Waals surface area contributed by atoms with E-state index >= 15 is 0 Å². The summed E-state index contributed by atoms with van der Waals surface area (Å²) in [6, 6.07) is 6.59. The van der Waals surface area contributed by atoms with Gasteiger partial charge in [-0.3, -0.25) is 4.79 Å². The van der Waals surface area contributed by atoms with Crippen molar-refractivity contribution in [2.75, 3.05) is 10.6 Å². The molecule has 200 valence electrons. The van der Waals surface area contributed by atoms with Crippen molar-refractivity contribution in [3.05, 3.63) is 57.6 Å². The Morgan fingerprint density at radius 2 is 1.81 bits per heavy atom. The molecule has 0 heterocycles. The predicted octanol–water partition coefficient (Wildman–Crippen LogP) is 8.22. The van der Waals surface area contributed by atoms with Crippen LogP contribution in [0.5, 0.6) is 0 Å². The number of carbonyl (C=O) groups excluding carboxylic acids is 1. The number of anilines is 2. The SMILES string of the molecule is CC(C)c1cc2c(cc1NC(=O)Nc1ccc(Cl)c(C(F)(F)F)c1)[C@@]1(C)CCC[C@@](C)(C(=O)O)[C@@H]1CC2. The first-order valence-corrected chi connectivity index (χ1v) is 12.9. The molecule has 2 aromatic carbocycles. The molecule has 2 aliphatic rings. The summed E-state index contributed by atoms with van der Waals surface area (Å²) in [6.45, 7) is 7.99. The molecule has 0 aromatic heterocycles. The van der Waals surface area contributed by atoms with Crippen LogP contribution in [-0.2, 0) is 22.8 Å². The Morgan fingerprint density at radius 1 is 1.11 bits per heavy atom. The number of rotatable bonds is 4. The third-order valence-corrected chi connectivity index (χ3v) is 8.74.